The van der Waals surface area contributed by atoms with E-state index in [9.17, 15) is 19.7 Å². The third-order valence-electron chi connectivity index (χ3n) is 4.65. The summed E-state index contributed by atoms with van der Waals surface area (Å²) in [5.41, 5.74) is 1.01. The quantitative estimate of drug-likeness (QED) is 0.318. The Morgan fingerprint density at radius 2 is 1.28 bits per heavy atom. The van der Waals surface area contributed by atoms with Crippen LogP contribution in [0.4, 0.5) is 5.69 Å². The van der Waals surface area contributed by atoms with Crippen molar-refractivity contribution in [3.63, 3.8) is 0 Å². The molecule has 9 heteroatoms. The second-order valence-corrected chi connectivity index (χ2v) is 6.69. The number of nitrogens with zero attached hydrogens (tertiary/aromatic N) is 1. The molecular weight excluding hydrogens is 414 g/mol. The van der Waals surface area contributed by atoms with Gasteiger partial charge in [-0.25, -0.2) is 0 Å². The Bertz CT molecular complexity index is 1070. The van der Waals surface area contributed by atoms with Gasteiger partial charge < -0.3 is 20.1 Å². The molecule has 2 N–H and O–H groups in total. The third-order valence-corrected chi connectivity index (χ3v) is 4.65. The highest BCUT2D eigenvalue weighted by Crippen LogP contribution is 2.19. The van der Waals surface area contributed by atoms with Crippen LogP contribution >= 0.6 is 0 Å². The number of methoxy groups -OCH3 is 2. The lowest BCUT2D eigenvalue weighted by atomic mass is 10.1. The molecule has 0 radical (unpaired) electrons. The van der Waals surface area contributed by atoms with Gasteiger partial charge in [0.15, 0.2) is 0 Å². The normalized spacial score (nSPS) is 10.3. The Hall–Kier alpha value is -4.40. The van der Waals surface area contributed by atoms with Gasteiger partial charge in [0, 0.05) is 23.3 Å². The Morgan fingerprint density at radius 3 is 1.69 bits per heavy atom. The summed E-state index contributed by atoms with van der Waals surface area (Å²) in [6, 6.07) is 18.6. The lowest BCUT2D eigenvalue weighted by molar-refractivity contribution is -0.384. The molecule has 0 saturated heterocycles. The molecule has 2 amide bonds. The second kappa shape index (κ2) is 10.1. The van der Waals surface area contributed by atoms with Gasteiger partial charge in [-0.2, -0.15) is 0 Å². The predicted octanol–water partition coefficient (Wildman–Crippen LogP) is 3.47. The van der Waals surface area contributed by atoms with E-state index in [0.29, 0.717) is 28.2 Å². The van der Waals surface area contributed by atoms with Crippen molar-refractivity contribution in [1.29, 1.82) is 0 Å². The van der Waals surface area contributed by atoms with Crippen LogP contribution in [0.1, 0.15) is 32.4 Å². The van der Waals surface area contributed by atoms with Crippen molar-refractivity contribution in [2.75, 3.05) is 14.2 Å². The number of carbonyl (C=O) groups is 2. The molecule has 0 heterocycles. The van der Waals surface area contributed by atoms with Crippen LogP contribution in [0.3, 0.4) is 0 Å². The number of ether oxygens (including phenoxy) is 2. The Morgan fingerprint density at radius 1 is 0.812 bits per heavy atom. The molecule has 0 aromatic heterocycles. The van der Waals surface area contributed by atoms with Gasteiger partial charge in [0.1, 0.15) is 17.7 Å². The van der Waals surface area contributed by atoms with E-state index in [0.717, 1.165) is 0 Å². The Balaban J connectivity index is 1.88. The molecule has 9 nitrogen and oxygen atoms in total. The van der Waals surface area contributed by atoms with Crippen molar-refractivity contribution in [1.82, 2.24) is 10.6 Å². The van der Waals surface area contributed by atoms with E-state index in [-0.39, 0.29) is 5.69 Å². The summed E-state index contributed by atoms with van der Waals surface area (Å²) < 4.78 is 10.3. The van der Waals surface area contributed by atoms with E-state index < -0.39 is 22.9 Å². The van der Waals surface area contributed by atoms with Crippen LogP contribution in [0.25, 0.3) is 0 Å². The fraction of sp³-hybridized carbons (Fsp3) is 0.130. The zero-order valence-corrected chi connectivity index (χ0v) is 17.4. The summed E-state index contributed by atoms with van der Waals surface area (Å²) >= 11 is 0. The molecular formula is C23H21N3O6. The van der Waals surface area contributed by atoms with Gasteiger partial charge in [-0.3, -0.25) is 19.7 Å². The number of nitro groups is 1. The van der Waals surface area contributed by atoms with E-state index in [1.54, 1.807) is 48.5 Å². The number of hydrogen-bond acceptors (Lipinski definition) is 6. The Labute approximate surface area is 184 Å². The van der Waals surface area contributed by atoms with Gasteiger partial charge in [-0.1, -0.05) is 12.1 Å². The van der Waals surface area contributed by atoms with Gasteiger partial charge in [0.05, 0.1) is 19.1 Å². The monoisotopic (exact) mass is 435 g/mol. The summed E-state index contributed by atoms with van der Waals surface area (Å²) in [6.45, 7) is 0. The topological polar surface area (TPSA) is 120 Å². The maximum atomic E-state index is 12.8. The number of amides is 2. The predicted molar refractivity (Wildman–Crippen MR) is 117 cm³/mol. The van der Waals surface area contributed by atoms with Crippen molar-refractivity contribution < 1.29 is 24.0 Å². The van der Waals surface area contributed by atoms with Crippen LogP contribution in [0.2, 0.25) is 0 Å². The fourth-order valence-electron chi connectivity index (χ4n) is 2.95. The van der Waals surface area contributed by atoms with Crippen LogP contribution in [-0.4, -0.2) is 31.0 Å². The smallest absolute Gasteiger partial charge is 0.269 e. The lowest BCUT2D eigenvalue weighted by Crippen LogP contribution is -2.41. The van der Waals surface area contributed by atoms with Gasteiger partial charge in [0.25, 0.3) is 17.5 Å². The van der Waals surface area contributed by atoms with Crippen molar-refractivity contribution in [2.24, 2.45) is 0 Å². The summed E-state index contributed by atoms with van der Waals surface area (Å²) in [4.78, 5) is 36.1. The minimum Gasteiger partial charge on any atom is -0.497 e. The highest BCUT2D eigenvalue weighted by Gasteiger charge is 2.20. The summed E-state index contributed by atoms with van der Waals surface area (Å²) in [7, 11) is 2.98. The molecule has 3 aromatic rings. The van der Waals surface area contributed by atoms with E-state index in [1.165, 1.54) is 38.5 Å². The summed E-state index contributed by atoms with van der Waals surface area (Å²) in [5.74, 6) is 0.0892. The maximum absolute atomic E-state index is 12.8. The average Bonchev–Trinajstić information content (AvgIpc) is 2.83. The molecule has 3 aromatic carbocycles. The first-order valence-corrected chi connectivity index (χ1v) is 9.55. The lowest BCUT2D eigenvalue weighted by Gasteiger charge is -2.21. The van der Waals surface area contributed by atoms with Gasteiger partial charge in [-0.05, 0) is 54.1 Å². The van der Waals surface area contributed by atoms with E-state index in [4.69, 9.17) is 9.47 Å². The minimum absolute atomic E-state index is 0.106. The molecule has 0 spiro atoms. The molecule has 0 bridgehead atoms. The molecule has 3 rings (SSSR count). The molecule has 0 fully saturated rings. The average molecular weight is 435 g/mol. The van der Waals surface area contributed by atoms with Gasteiger partial charge in [-0.15, -0.1) is 0 Å². The second-order valence-electron chi connectivity index (χ2n) is 6.69. The number of hydrogen-bond donors (Lipinski definition) is 2. The largest absolute Gasteiger partial charge is 0.497 e. The van der Waals surface area contributed by atoms with Crippen LogP contribution < -0.4 is 20.1 Å². The summed E-state index contributed by atoms with van der Waals surface area (Å²) in [5, 5.41) is 16.5. The van der Waals surface area contributed by atoms with Gasteiger partial charge in [0.2, 0.25) is 0 Å². The molecule has 0 aliphatic carbocycles. The number of nitrogens with one attached hydrogen (secondary N) is 2. The van der Waals surface area contributed by atoms with Crippen LogP contribution in [0.5, 0.6) is 11.5 Å². The molecule has 0 unspecified atom stereocenters. The van der Waals surface area contributed by atoms with Crippen molar-refractivity contribution in [2.45, 2.75) is 6.17 Å². The third kappa shape index (κ3) is 5.39. The van der Waals surface area contributed by atoms with E-state index in [2.05, 4.69) is 10.6 Å². The maximum Gasteiger partial charge on any atom is 0.269 e. The molecule has 0 saturated carbocycles. The SMILES string of the molecule is COc1cccc(C(=O)NC(NC(=O)c2cccc(OC)c2)c2ccc([N+](=O)[O-])cc2)c1. The molecule has 164 valence electrons. The van der Waals surface area contributed by atoms with Crippen LogP contribution in [-0.2, 0) is 0 Å². The summed E-state index contributed by atoms with van der Waals surface area (Å²) in [6.07, 6.45) is -0.951. The highest BCUT2D eigenvalue weighted by molar-refractivity contribution is 5.97. The number of rotatable bonds is 8. The van der Waals surface area contributed by atoms with E-state index in [1.807, 2.05) is 0 Å². The van der Waals surface area contributed by atoms with Crippen molar-refractivity contribution >= 4 is 17.5 Å². The first-order chi connectivity index (χ1) is 15.4. The van der Waals surface area contributed by atoms with E-state index >= 15 is 0 Å². The number of carbonyl (C=O) groups excluding carboxylic acids is 2. The Kier molecular flexibility index (Phi) is 7.02. The number of benzene rings is 3. The molecule has 0 aliphatic rings. The van der Waals surface area contributed by atoms with Crippen LogP contribution in [0.15, 0.2) is 72.8 Å². The number of nitro benzene ring substituents is 1. The first kappa shape index (κ1) is 22.3. The van der Waals surface area contributed by atoms with Crippen molar-refractivity contribution in [3.8, 4) is 11.5 Å². The van der Waals surface area contributed by atoms with Crippen LogP contribution in [0, 0.1) is 10.1 Å². The molecule has 0 atom stereocenters. The fourth-order valence-corrected chi connectivity index (χ4v) is 2.95. The minimum atomic E-state index is -0.951. The molecule has 0 aliphatic heterocycles. The molecule has 32 heavy (non-hydrogen) atoms. The van der Waals surface area contributed by atoms with Crippen molar-refractivity contribution in [3.05, 3.63) is 99.6 Å². The first-order valence-electron chi connectivity index (χ1n) is 9.55. The van der Waals surface area contributed by atoms with Gasteiger partial charge >= 0.3 is 0 Å². The zero-order valence-electron chi connectivity index (χ0n) is 17.4. The highest BCUT2D eigenvalue weighted by atomic mass is 16.6. The number of non-ortho nitro benzene ring substituents is 1. The standard InChI is InChI=1S/C23H21N3O6/c1-31-19-7-3-5-16(13-19)22(27)24-21(15-9-11-18(12-10-15)26(29)30)25-23(28)17-6-4-8-20(14-17)32-2/h3-14,21H,1-2H3,(H,24,27)(H,25,28). The zero-order chi connectivity index (χ0) is 23.1.